The molecule has 1 aliphatic rings. The largest absolute Gasteiger partial charge is 0.481 e. The van der Waals surface area contributed by atoms with Crippen LogP contribution in [0, 0.1) is 5.92 Å². The van der Waals surface area contributed by atoms with Crippen LogP contribution in [0.15, 0.2) is 0 Å². The molecule has 0 aliphatic carbocycles. The molecule has 0 aromatic heterocycles. The third-order valence-corrected chi connectivity index (χ3v) is 1.64. The van der Waals surface area contributed by atoms with E-state index in [1.807, 2.05) is 0 Å². The number of carbonyl (C=O) groups is 2. The molecular weight excluding hydrogens is 152 g/mol. The minimum atomic E-state index is -1.84. The van der Waals surface area contributed by atoms with Crippen LogP contribution in [-0.4, -0.2) is 27.9 Å². The molecule has 0 aromatic carbocycles. The molecule has 0 spiro atoms. The Morgan fingerprint density at radius 1 is 1.82 bits per heavy atom. The highest BCUT2D eigenvalue weighted by Gasteiger charge is 2.48. The van der Waals surface area contributed by atoms with E-state index >= 15 is 0 Å². The molecule has 1 heterocycles. The van der Waals surface area contributed by atoms with Crippen LogP contribution in [0.2, 0.25) is 0 Å². The van der Waals surface area contributed by atoms with Gasteiger partial charge in [-0.05, 0) is 0 Å². The zero-order valence-electron chi connectivity index (χ0n) is 5.90. The highest BCUT2D eigenvalue weighted by molar-refractivity contribution is 5.82. The van der Waals surface area contributed by atoms with Crippen molar-refractivity contribution in [3.63, 3.8) is 0 Å². The topological polar surface area (TPSA) is 83.8 Å². The summed E-state index contributed by atoms with van der Waals surface area (Å²) >= 11 is 0. The number of hydrogen-bond acceptors (Lipinski definition) is 4. The molecule has 1 aliphatic heterocycles. The fourth-order valence-corrected chi connectivity index (χ4v) is 1.02. The molecule has 2 atom stereocenters. The van der Waals surface area contributed by atoms with Crippen LogP contribution in [0.25, 0.3) is 0 Å². The summed E-state index contributed by atoms with van der Waals surface area (Å²) in [5.41, 5.74) is 0. The van der Waals surface area contributed by atoms with E-state index in [4.69, 9.17) is 5.11 Å². The molecule has 0 radical (unpaired) electrons. The summed E-state index contributed by atoms with van der Waals surface area (Å²) < 4.78 is 4.36. The maximum absolute atomic E-state index is 10.5. The van der Waals surface area contributed by atoms with Gasteiger partial charge in [0.25, 0.3) is 0 Å². The maximum atomic E-state index is 10.5. The van der Waals surface area contributed by atoms with Gasteiger partial charge in [0.05, 0.1) is 6.42 Å². The number of aliphatic carboxylic acids is 1. The molecule has 0 aromatic rings. The number of cyclic esters (lactones) is 1. The second-order valence-electron chi connectivity index (χ2n) is 2.62. The van der Waals surface area contributed by atoms with Gasteiger partial charge in [0.1, 0.15) is 5.92 Å². The van der Waals surface area contributed by atoms with Gasteiger partial charge in [-0.2, -0.15) is 0 Å². The summed E-state index contributed by atoms with van der Waals surface area (Å²) in [5.74, 6) is -4.89. The fourth-order valence-electron chi connectivity index (χ4n) is 1.02. The lowest BCUT2D eigenvalue weighted by Crippen LogP contribution is -2.35. The summed E-state index contributed by atoms with van der Waals surface area (Å²) in [4.78, 5) is 20.9. The Morgan fingerprint density at radius 3 is 2.55 bits per heavy atom. The smallest absolute Gasteiger partial charge is 0.313 e. The quantitative estimate of drug-likeness (QED) is 0.497. The lowest BCUT2D eigenvalue weighted by atomic mass is 10.00. The molecule has 0 bridgehead atoms. The van der Waals surface area contributed by atoms with E-state index < -0.39 is 23.6 Å². The molecule has 1 rings (SSSR count). The zero-order chi connectivity index (χ0) is 8.65. The Bertz CT molecular complexity index is 207. The van der Waals surface area contributed by atoms with E-state index in [0.29, 0.717) is 0 Å². The average Bonchev–Trinajstić information content (AvgIpc) is 2.04. The molecule has 11 heavy (non-hydrogen) atoms. The van der Waals surface area contributed by atoms with Crippen molar-refractivity contribution in [3.8, 4) is 0 Å². The number of esters is 1. The van der Waals surface area contributed by atoms with Crippen molar-refractivity contribution in [1.82, 2.24) is 0 Å². The van der Waals surface area contributed by atoms with Crippen LogP contribution in [0.1, 0.15) is 13.3 Å². The van der Waals surface area contributed by atoms with Gasteiger partial charge in [-0.3, -0.25) is 9.59 Å². The highest BCUT2D eigenvalue weighted by Crippen LogP contribution is 2.30. The Balaban J connectivity index is 2.82. The second kappa shape index (κ2) is 2.20. The standard InChI is InChI=1S/C6H8O5/c1-6(10)3(5(8)9)2-4(7)11-6/h3,10H,2H2,1H3,(H,8,9). The summed E-state index contributed by atoms with van der Waals surface area (Å²) in [7, 11) is 0. The number of aliphatic hydroxyl groups is 1. The van der Waals surface area contributed by atoms with Crippen molar-refractivity contribution in [2.45, 2.75) is 19.1 Å². The Kier molecular flexibility index (Phi) is 1.60. The van der Waals surface area contributed by atoms with Gasteiger partial charge in [0.2, 0.25) is 5.79 Å². The van der Waals surface area contributed by atoms with Crippen molar-refractivity contribution in [3.05, 3.63) is 0 Å². The minimum Gasteiger partial charge on any atom is -0.481 e. The van der Waals surface area contributed by atoms with Crippen molar-refractivity contribution in [2.75, 3.05) is 0 Å². The fraction of sp³-hybridized carbons (Fsp3) is 0.667. The van der Waals surface area contributed by atoms with Crippen LogP contribution in [0.3, 0.4) is 0 Å². The normalized spacial score (nSPS) is 36.9. The molecule has 5 heteroatoms. The highest BCUT2D eigenvalue weighted by atomic mass is 16.7. The zero-order valence-corrected chi connectivity index (χ0v) is 5.90. The number of hydrogen-bond donors (Lipinski definition) is 2. The predicted molar refractivity (Wildman–Crippen MR) is 32.5 cm³/mol. The molecule has 62 valence electrons. The first kappa shape index (κ1) is 8.00. The van der Waals surface area contributed by atoms with Crippen LogP contribution >= 0.6 is 0 Å². The Hall–Kier alpha value is -1.10. The number of carboxylic acids is 1. The van der Waals surface area contributed by atoms with Crippen molar-refractivity contribution >= 4 is 11.9 Å². The average molecular weight is 160 g/mol. The predicted octanol–water partition coefficient (Wildman–Crippen LogP) is -0.657. The third kappa shape index (κ3) is 1.32. The van der Waals surface area contributed by atoms with Crippen LogP contribution < -0.4 is 0 Å². The van der Waals surface area contributed by atoms with Crippen LogP contribution in [0.5, 0.6) is 0 Å². The number of rotatable bonds is 1. The number of carboxylic acid groups (broad SMARTS) is 1. The summed E-state index contributed by atoms with van der Waals surface area (Å²) in [5, 5.41) is 17.6. The van der Waals surface area contributed by atoms with E-state index in [-0.39, 0.29) is 6.42 Å². The van der Waals surface area contributed by atoms with Crippen molar-refractivity contribution in [2.24, 2.45) is 5.92 Å². The van der Waals surface area contributed by atoms with Gasteiger partial charge in [-0.25, -0.2) is 0 Å². The first-order valence-electron chi connectivity index (χ1n) is 3.10. The molecule has 0 saturated carbocycles. The summed E-state index contributed by atoms with van der Waals surface area (Å²) in [6.45, 7) is 1.16. The van der Waals surface area contributed by atoms with E-state index in [9.17, 15) is 14.7 Å². The van der Waals surface area contributed by atoms with Crippen LogP contribution in [0.4, 0.5) is 0 Å². The molecule has 1 saturated heterocycles. The maximum Gasteiger partial charge on any atom is 0.313 e. The first-order valence-corrected chi connectivity index (χ1v) is 3.10. The van der Waals surface area contributed by atoms with Gasteiger partial charge >= 0.3 is 11.9 Å². The second-order valence-corrected chi connectivity index (χ2v) is 2.62. The number of carbonyl (C=O) groups excluding carboxylic acids is 1. The van der Waals surface area contributed by atoms with Crippen molar-refractivity contribution < 1.29 is 24.5 Å². The first-order chi connectivity index (χ1) is 4.93. The lowest BCUT2D eigenvalue weighted by molar-refractivity contribution is -0.197. The Labute approximate surface area is 62.6 Å². The lowest BCUT2D eigenvalue weighted by Gasteiger charge is -2.18. The van der Waals surface area contributed by atoms with E-state index in [2.05, 4.69) is 4.74 Å². The molecule has 1 fully saturated rings. The summed E-state index contributed by atoms with van der Waals surface area (Å²) in [6, 6.07) is 0. The monoisotopic (exact) mass is 160 g/mol. The van der Waals surface area contributed by atoms with Gasteiger partial charge in [-0.1, -0.05) is 0 Å². The number of ether oxygens (including phenoxy) is 1. The summed E-state index contributed by atoms with van der Waals surface area (Å²) in [6.07, 6.45) is -0.262. The van der Waals surface area contributed by atoms with E-state index in [1.54, 1.807) is 0 Å². The molecule has 2 unspecified atom stereocenters. The molecule has 5 nitrogen and oxygen atoms in total. The van der Waals surface area contributed by atoms with Gasteiger partial charge in [-0.15, -0.1) is 0 Å². The van der Waals surface area contributed by atoms with Gasteiger partial charge in [0, 0.05) is 6.92 Å². The van der Waals surface area contributed by atoms with E-state index in [0.717, 1.165) is 6.92 Å². The Morgan fingerprint density at radius 2 is 2.36 bits per heavy atom. The van der Waals surface area contributed by atoms with E-state index in [1.165, 1.54) is 0 Å². The molecule has 2 N–H and O–H groups in total. The molecular formula is C6H8O5. The minimum absolute atomic E-state index is 0.262. The van der Waals surface area contributed by atoms with Gasteiger partial charge in [0.15, 0.2) is 0 Å². The SMILES string of the molecule is CC1(O)OC(=O)CC1C(=O)O. The molecule has 0 amide bonds. The third-order valence-electron chi connectivity index (χ3n) is 1.64. The van der Waals surface area contributed by atoms with Gasteiger partial charge < -0.3 is 14.9 Å². The van der Waals surface area contributed by atoms with Crippen molar-refractivity contribution in [1.29, 1.82) is 0 Å². The van der Waals surface area contributed by atoms with Crippen LogP contribution in [-0.2, 0) is 14.3 Å².